The highest BCUT2D eigenvalue weighted by molar-refractivity contribution is 5.25. The van der Waals surface area contributed by atoms with Gasteiger partial charge in [-0.15, -0.1) is 0 Å². The molecule has 1 fully saturated rings. The Kier molecular flexibility index (Phi) is 1.56. The van der Waals surface area contributed by atoms with Gasteiger partial charge in [0.2, 0.25) is 0 Å². The summed E-state index contributed by atoms with van der Waals surface area (Å²) in [4.78, 5) is 7.13. The van der Waals surface area contributed by atoms with E-state index in [0.717, 1.165) is 11.9 Å². The van der Waals surface area contributed by atoms with E-state index < -0.39 is 0 Å². The molecule has 1 aliphatic carbocycles. The third-order valence-electron chi connectivity index (χ3n) is 2.19. The molecule has 1 aliphatic rings. The monoisotopic (exact) mass is 151 g/mol. The van der Waals surface area contributed by atoms with Crippen molar-refractivity contribution in [2.45, 2.75) is 25.8 Å². The average molecular weight is 151 g/mol. The maximum absolute atomic E-state index is 4.10. The molecule has 3 heteroatoms. The van der Waals surface area contributed by atoms with Crippen LogP contribution in [0.15, 0.2) is 12.4 Å². The molecule has 1 unspecified atom stereocenters. The number of aromatic nitrogens is 2. The molecule has 0 radical (unpaired) electrons. The lowest BCUT2D eigenvalue weighted by atomic mass is 10.2. The smallest absolute Gasteiger partial charge is 0.200 e. The number of nitrogens with zero attached hydrogens (tertiary/aromatic N) is 1. The van der Waals surface area contributed by atoms with Crippen molar-refractivity contribution in [2.24, 2.45) is 5.92 Å². The lowest BCUT2D eigenvalue weighted by Gasteiger charge is -2.10. The Balaban J connectivity index is 1.89. The van der Waals surface area contributed by atoms with E-state index in [9.17, 15) is 0 Å². The van der Waals surface area contributed by atoms with Crippen molar-refractivity contribution in [3.8, 4) is 0 Å². The average Bonchev–Trinajstić information content (AvgIpc) is 2.73. The molecule has 2 N–H and O–H groups in total. The lowest BCUT2D eigenvalue weighted by molar-refractivity contribution is 0.688. The third-order valence-corrected chi connectivity index (χ3v) is 2.19. The fraction of sp³-hybridized carbons (Fsp3) is 0.625. The summed E-state index contributed by atoms with van der Waals surface area (Å²) in [6.07, 6.45) is 6.34. The zero-order chi connectivity index (χ0) is 7.68. The molecule has 1 atom stereocenters. The molecule has 60 valence electrons. The number of hydrogen-bond donors (Lipinski definition) is 2. The standard InChI is InChI=1S/C8H13N3/c1-6(7-2-3-7)11-8-9-4-5-10-8/h4-7H,2-3H2,1H3,(H2,9,10,11). The van der Waals surface area contributed by atoms with Gasteiger partial charge in [-0.2, -0.15) is 0 Å². The van der Waals surface area contributed by atoms with Crippen molar-refractivity contribution in [3.63, 3.8) is 0 Å². The minimum Gasteiger partial charge on any atom is -0.353 e. The predicted molar refractivity (Wildman–Crippen MR) is 44.4 cm³/mol. The molecular formula is C8H13N3. The third kappa shape index (κ3) is 1.53. The second-order valence-corrected chi connectivity index (χ2v) is 3.21. The second-order valence-electron chi connectivity index (χ2n) is 3.21. The van der Waals surface area contributed by atoms with E-state index in [1.807, 2.05) is 6.20 Å². The molecule has 0 spiro atoms. The van der Waals surface area contributed by atoms with E-state index in [1.165, 1.54) is 12.8 Å². The summed E-state index contributed by atoms with van der Waals surface area (Å²) in [5, 5.41) is 3.32. The normalized spacial score (nSPS) is 19.7. The number of hydrogen-bond acceptors (Lipinski definition) is 2. The van der Waals surface area contributed by atoms with Gasteiger partial charge in [-0.05, 0) is 25.7 Å². The van der Waals surface area contributed by atoms with Crippen LogP contribution in [0.25, 0.3) is 0 Å². The quantitative estimate of drug-likeness (QED) is 0.689. The van der Waals surface area contributed by atoms with Gasteiger partial charge in [0.1, 0.15) is 0 Å². The Morgan fingerprint density at radius 2 is 2.55 bits per heavy atom. The molecule has 1 aromatic rings. The summed E-state index contributed by atoms with van der Waals surface area (Å²) in [5.41, 5.74) is 0. The van der Waals surface area contributed by atoms with Gasteiger partial charge in [-0.3, -0.25) is 0 Å². The highest BCUT2D eigenvalue weighted by Gasteiger charge is 2.27. The first-order valence-electron chi connectivity index (χ1n) is 4.12. The van der Waals surface area contributed by atoms with Crippen LogP contribution in [0.5, 0.6) is 0 Å². The van der Waals surface area contributed by atoms with Crippen molar-refractivity contribution in [2.75, 3.05) is 5.32 Å². The van der Waals surface area contributed by atoms with Gasteiger partial charge in [0.25, 0.3) is 0 Å². The van der Waals surface area contributed by atoms with E-state index in [0.29, 0.717) is 6.04 Å². The number of imidazole rings is 1. The highest BCUT2D eigenvalue weighted by atomic mass is 15.1. The minimum atomic E-state index is 0.571. The number of H-pyrrole nitrogens is 1. The summed E-state index contributed by atoms with van der Waals surface area (Å²) in [5.74, 6) is 1.77. The fourth-order valence-electron chi connectivity index (χ4n) is 1.27. The summed E-state index contributed by atoms with van der Waals surface area (Å²) >= 11 is 0. The fourth-order valence-corrected chi connectivity index (χ4v) is 1.27. The van der Waals surface area contributed by atoms with Crippen molar-refractivity contribution in [1.29, 1.82) is 0 Å². The summed E-state index contributed by atoms with van der Waals surface area (Å²) < 4.78 is 0. The van der Waals surface area contributed by atoms with Crippen molar-refractivity contribution in [1.82, 2.24) is 9.97 Å². The molecule has 11 heavy (non-hydrogen) atoms. The maximum Gasteiger partial charge on any atom is 0.200 e. The minimum absolute atomic E-state index is 0.571. The molecule has 0 aliphatic heterocycles. The van der Waals surface area contributed by atoms with Gasteiger partial charge in [0.05, 0.1) is 0 Å². The van der Waals surface area contributed by atoms with Crippen LogP contribution in [-0.2, 0) is 0 Å². The molecule has 1 aromatic heterocycles. The Morgan fingerprint density at radius 3 is 3.09 bits per heavy atom. The van der Waals surface area contributed by atoms with Gasteiger partial charge >= 0.3 is 0 Å². The number of aromatic amines is 1. The molecule has 0 bridgehead atoms. The summed E-state index contributed by atoms with van der Waals surface area (Å²) in [6.45, 7) is 2.21. The largest absolute Gasteiger partial charge is 0.353 e. The van der Waals surface area contributed by atoms with Gasteiger partial charge in [0.15, 0.2) is 5.95 Å². The van der Waals surface area contributed by atoms with Gasteiger partial charge in [0, 0.05) is 18.4 Å². The zero-order valence-corrected chi connectivity index (χ0v) is 6.67. The SMILES string of the molecule is CC(Nc1ncc[nH]1)C1CC1. The first-order chi connectivity index (χ1) is 5.36. The Labute approximate surface area is 66.2 Å². The van der Waals surface area contributed by atoms with Crippen LogP contribution in [0.2, 0.25) is 0 Å². The van der Waals surface area contributed by atoms with Crippen LogP contribution in [0, 0.1) is 5.92 Å². The van der Waals surface area contributed by atoms with Crippen LogP contribution in [0.4, 0.5) is 5.95 Å². The second kappa shape index (κ2) is 2.57. The Hall–Kier alpha value is -0.990. The van der Waals surface area contributed by atoms with Gasteiger partial charge in [-0.25, -0.2) is 4.98 Å². The zero-order valence-electron chi connectivity index (χ0n) is 6.67. The first-order valence-corrected chi connectivity index (χ1v) is 4.12. The number of anilines is 1. The Bertz CT molecular complexity index is 213. The van der Waals surface area contributed by atoms with Crippen LogP contribution < -0.4 is 5.32 Å². The van der Waals surface area contributed by atoms with Crippen molar-refractivity contribution in [3.05, 3.63) is 12.4 Å². The van der Waals surface area contributed by atoms with Crippen LogP contribution in [-0.4, -0.2) is 16.0 Å². The topological polar surface area (TPSA) is 40.7 Å². The highest BCUT2D eigenvalue weighted by Crippen LogP contribution is 2.33. The van der Waals surface area contributed by atoms with Crippen LogP contribution >= 0.6 is 0 Å². The van der Waals surface area contributed by atoms with E-state index in [2.05, 4.69) is 22.2 Å². The first kappa shape index (κ1) is 6.70. The van der Waals surface area contributed by atoms with Crippen LogP contribution in [0.1, 0.15) is 19.8 Å². The lowest BCUT2D eigenvalue weighted by Crippen LogP contribution is -2.17. The predicted octanol–water partition coefficient (Wildman–Crippen LogP) is 1.62. The number of rotatable bonds is 3. The van der Waals surface area contributed by atoms with E-state index in [4.69, 9.17) is 0 Å². The Morgan fingerprint density at radius 1 is 1.73 bits per heavy atom. The van der Waals surface area contributed by atoms with Crippen LogP contribution in [0.3, 0.4) is 0 Å². The van der Waals surface area contributed by atoms with E-state index in [1.54, 1.807) is 6.20 Å². The van der Waals surface area contributed by atoms with Gasteiger partial charge in [-0.1, -0.05) is 0 Å². The van der Waals surface area contributed by atoms with E-state index in [-0.39, 0.29) is 0 Å². The molecule has 3 nitrogen and oxygen atoms in total. The molecule has 0 aromatic carbocycles. The molecular weight excluding hydrogens is 138 g/mol. The number of nitrogens with one attached hydrogen (secondary N) is 2. The molecule has 0 saturated heterocycles. The molecule has 1 heterocycles. The van der Waals surface area contributed by atoms with Crippen molar-refractivity contribution >= 4 is 5.95 Å². The molecule has 2 rings (SSSR count). The maximum atomic E-state index is 4.10. The molecule has 1 saturated carbocycles. The van der Waals surface area contributed by atoms with E-state index >= 15 is 0 Å². The van der Waals surface area contributed by atoms with Crippen molar-refractivity contribution < 1.29 is 0 Å². The summed E-state index contributed by atoms with van der Waals surface area (Å²) in [6, 6.07) is 0.571. The van der Waals surface area contributed by atoms with Gasteiger partial charge < -0.3 is 10.3 Å². The molecule has 0 amide bonds. The summed E-state index contributed by atoms with van der Waals surface area (Å²) in [7, 11) is 0.